The Morgan fingerprint density at radius 3 is 2.83 bits per heavy atom. The van der Waals surface area contributed by atoms with Crippen LogP contribution in [0.2, 0.25) is 0 Å². The van der Waals surface area contributed by atoms with Gasteiger partial charge < -0.3 is 15.7 Å². The summed E-state index contributed by atoms with van der Waals surface area (Å²) in [5.41, 5.74) is 2.65. The van der Waals surface area contributed by atoms with E-state index in [1.54, 1.807) is 0 Å². The molecule has 1 atom stereocenters. The highest BCUT2D eigenvalue weighted by atomic mass is 35.5. The third kappa shape index (κ3) is 4.46. The monoisotopic (exact) mass is 292 g/mol. The Hall–Kier alpha value is -0.810. The fraction of sp³-hybridized carbons (Fsp3) is 0.417. The van der Waals surface area contributed by atoms with Gasteiger partial charge in [-0.05, 0) is 24.1 Å². The second-order valence-corrected chi connectivity index (χ2v) is 3.98. The molecular formula is C12H18Cl2N2O2. The number of benzene rings is 1. The lowest BCUT2D eigenvalue weighted by Gasteiger charge is -2.26. The molecule has 1 aliphatic heterocycles. The average Bonchev–Trinajstić information content (AvgIpc) is 2.29. The van der Waals surface area contributed by atoms with Gasteiger partial charge in [0.2, 0.25) is 0 Å². The molecule has 102 valence electrons. The van der Waals surface area contributed by atoms with Crippen molar-refractivity contribution in [2.75, 3.05) is 19.6 Å². The first-order chi connectivity index (χ1) is 7.77. The smallest absolute Gasteiger partial charge is 0.317 e. The van der Waals surface area contributed by atoms with E-state index in [1.807, 2.05) is 12.1 Å². The van der Waals surface area contributed by atoms with E-state index in [0.717, 1.165) is 13.0 Å². The van der Waals surface area contributed by atoms with E-state index in [2.05, 4.69) is 22.8 Å². The molecule has 6 heteroatoms. The lowest BCUT2D eigenvalue weighted by atomic mass is 9.94. The Labute approximate surface area is 119 Å². The molecule has 0 aromatic heterocycles. The summed E-state index contributed by atoms with van der Waals surface area (Å²) >= 11 is 0. The number of carboxylic acid groups (broad SMARTS) is 1. The minimum atomic E-state index is -0.816. The number of hydrogen-bond donors (Lipinski definition) is 3. The summed E-state index contributed by atoms with van der Waals surface area (Å²) in [6.07, 6.45) is 1.05. The lowest BCUT2D eigenvalue weighted by Crippen LogP contribution is -2.38. The number of fused-ring (bicyclic) bond motifs is 1. The van der Waals surface area contributed by atoms with Crippen LogP contribution in [0.5, 0.6) is 0 Å². The molecular weight excluding hydrogens is 275 g/mol. The van der Waals surface area contributed by atoms with Gasteiger partial charge in [-0.1, -0.05) is 24.3 Å². The van der Waals surface area contributed by atoms with Crippen LogP contribution < -0.4 is 10.6 Å². The second-order valence-electron chi connectivity index (χ2n) is 3.98. The van der Waals surface area contributed by atoms with Crippen LogP contribution in [0.1, 0.15) is 17.2 Å². The van der Waals surface area contributed by atoms with Crippen molar-refractivity contribution in [3.63, 3.8) is 0 Å². The molecule has 4 nitrogen and oxygen atoms in total. The van der Waals surface area contributed by atoms with Gasteiger partial charge in [-0.15, -0.1) is 24.8 Å². The molecule has 18 heavy (non-hydrogen) atoms. The molecule has 1 heterocycles. The quantitative estimate of drug-likeness (QED) is 0.785. The Morgan fingerprint density at radius 1 is 1.39 bits per heavy atom. The first-order valence-corrected chi connectivity index (χ1v) is 5.51. The molecule has 1 aromatic carbocycles. The van der Waals surface area contributed by atoms with Gasteiger partial charge in [-0.3, -0.25) is 4.79 Å². The maximum Gasteiger partial charge on any atom is 0.317 e. The fourth-order valence-corrected chi connectivity index (χ4v) is 2.10. The second kappa shape index (κ2) is 8.32. The van der Waals surface area contributed by atoms with E-state index >= 15 is 0 Å². The van der Waals surface area contributed by atoms with E-state index < -0.39 is 5.97 Å². The van der Waals surface area contributed by atoms with Crippen LogP contribution >= 0.6 is 24.8 Å². The molecule has 0 spiro atoms. The number of rotatable bonds is 4. The normalized spacial score (nSPS) is 17.0. The number of hydrogen-bond acceptors (Lipinski definition) is 3. The summed E-state index contributed by atoms with van der Waals surface area (Å²) < 4.78 is 0. The van der Waals surface area contributed by atoms with Crippen molar-refractivity contribution in [3.8, 4) is 0 Å². The topological polar surface area (TPSA) is 61.4 Å². The SMILES string of the molecule is Cl.Cl.O=C(O)CNCC1NCCc2ccccc21. The van der Waals surface area contributed by atoms with Crippen molar-refractivity contribution in [3.05, 3.63) is 35.4 Å². The van der Waals surface area contributed by atoms with Gasteiger partial charge in [0, 0.05) is 12.6 Å². The zero-order chi connectivity index (χ0) is 11.4. The van der Waals surface area contributed by atoms with E-state index in [4.69, 9.17) is 5.11 Å². The van der Waals surface area contributed by atoms with Crippen LogP contribution in [0.15, 0.2) is 24.3 Å². The van der Waals surface area contributed by atoms with Gasteiger partial charge in [-0.2, -0.15) is 0 Å². The van der Waals surface area contributed by atoms with Gasteiger partial charge in [0.05, 0.1) is 6.54 Å². The molecule has 0 fully saturated rings. The average molecular weight is 293 g/mol. The molecule has 0 bridgehead atoms. The minimum Gasteiger partial charge on any atom is -0.480 e. The zero-order valence-electron chi connectivity index (χ0n) is 9.89. The van der Waals surface area contributed by atoms with E-state index in [0.29, 0.717) is 6.54 Å². The molecule has 0 saturated carbocycles. The lowest BCUT2D eigenvalue weighted by molar-refractivity contribution is -0.135. The van der Waals surface area contributed by atoms with Crippen LogP contribution in [0.4, 0.5) is 0 Å². The highest BCUT2D eigenvalue weighted by Crippen LogP contribution is 2.21. The van der Waals surface area contributed by atoms with Gasteiger partial charge in [0.25, 0.3) is 0 Å². The van der Waals surface area contributed by atoms with Gasteiger partial charge in [0.1, 0.15) is 0 Å². The van der Waals surface area contributed by atoms with E-state index in [9.17, 15) is 4.79 Å². The summed E-state index contributed by atoms with van der Waals surface area (Å²) in [5.74, 6) is -0.816. The summed E-state index contributed by atoms with van der Waals surface area (Å²) in [6, 6.07) is 8.54. The van der Waals surface area contributed by atoms with Crippen molar-refractivity contribution >= 4 is 30.8 Å². The Kier molecular flexibility index (Phi) is 7.95. The maximum absolute atomic E-state index is 10.4. The first-order valence-electron chi connectivity index (χ1n) is 5.51. The number of halogens is 2. The van der Waals surface area contributed by atoms with Crippen LogP contribution in [0, 0.1) is 0 Å². The molecule has 2 rings (SSSR count). The van der Waals surface area contributed by atoms with Crippen LogP contribution in [-0.4, -0.2) is 30.7 Å². The highest BCUT2D eigenvalue weighted by molar-refractivity contribution is 5.85. The molecule has 0 amide bonds. The van der Waals surface area contributed by atoms with Gasteiger partial charge >= 0.3 is 5.97 Å². The number of aliphatic carboxylic acids is 1. The molecule has 1 aromatic rings. The predicted octanol–water partition coefficient (Wildman–Crippen LogP) is 1.39. The number of carbonyl (C=O) groups is 1. The Balaban J connectivity index is 0.00000144. The summed E-state index contributed by atoms with van der Waals surface area (Å²) in [6.45, 7) is 1.63. The molecule has 0 saturated heterocycles. The van der Waals surface area contributed by atoms with E-state index in [-0.39, 0.29) is 37.4 Å². The summed E-state index contributed by atoms with van der Waals surface area (Å²) in [7, 11) is 0. The maximum atomic E-state index is 10.4. The van der Waals surface area contributed by atoms with Crippen molar-refractivity contribution in [2.24, 2.45) is 0 Å². The zero-order valence-corrected chi connectivity index (χ0v) is 11.5. The van der Waals surface area contributed by atoms with Crippen molar-refractivity contribution in [2.45, 2.75) is 12.5 Å². The minimum absolute atomic E-state index is 0. The third-order valence-corrected chi connectivity index (χ3v) is 2.84. The van der Waals surface area contributed by atoms with Gasteiger partial charge in [-0.25, -0.2) is 0 Å². The van der Waals surface area contributed by atoms with E-state index in [1.165, 1.54) is 11.1 Å². The summed E-state index contributed by atoms with van der Waals surface area (Å²) in [5, 5.41) is 14.9. The van der Waals surface area contributed by atoms with Crippen LogP contribution in [-0.2, 0) is 11.2 Å². The molecule has 0 radical (unpaired) electrons. The van der Waals surface area contributed by atoms with Crippen LogP contribution in [0.25, 0.3) is 0 Å². The molecule has 3 N–H and O–H groups in total. The number of carboxylic acids is 1. The van der Waals surface area contributed by atoms with Crippen LogP contribution in [0.3, 0.4) is 0 Å². The van der Waals surface area contributed by atoms with Crippen molar-refractivity contribution in [1.82, 2.24) is 10.6 Å². The summed E-state index contributed by atoms with van der Waals surface area (Å²) in [4.78, 5) is 10.4. The van der Waals surface area contributed by atoms with Gasteiger partial charge in [0.15, 0.2) is 0 Å². The molecule has 0 aliphatic carbocycles. The molecule has 1 unspecified atom stereocenters. The van der Waals surface area contributed by atoms with Crippen molar-refractivity contribution in [1.29, 1.82) is 0 Å². The Morgan fingerprint density at radius 2 is 2.11 bits per heavy atom. The standard InChI is InChI=1S/C12H16N2O2.2ClH/c15-12(16)8-13-7-11-10-4-2-1-3-9(10)5-6-14-11;;/h1-4,11,13-14H,5-8H2,(H,15,16);2*1H. The predicted molar refractivity (Wildman–Crippen MR) is 75.9 cm³/mol. The third-order valence-electron chi connectivity index (χ3n) is 2.84. The number of nitrogens with one attached hydrogen (secondary N) is 2. The molecule has 1 aliphatic rings. The Bertz CT molecular complexity index is 388. The first kappa shape index (κ1) is 17.2. The largest absolute Gasteiger partial charge is 0.480 e. The van der Waals surface area contributed by atoms with Crippen molar-refractivity contribution < 1.29 is 9.90 Å². The fourth-order valence-electron chi connectivity index (χ4n) is 2.10. The highest BCUT2D eigenvalue weighted by Gasteiger charge is 2.18.